The van der Waals surface area contributed by atoms with Crippen LogP contribution in [0, 0.1) is 12.8 Å². The lowest BCUT2D eigenvalue weighted by Gasteiger charge is -2.24. The Morgan fingerprint density at radius 2 is 2.00 bits per heavy atom. The normalized spacial score (nSPS) is 13.8. The number of hydrogen-bond acceptors (Lipinski definition) is 3. The summed E-state index contributed by atoms with van der Waals surface area (Å²) in [5, 5.41) is 17.5. The van der Waals surface area contributed by atoms with Crippen LogP contribution in [0.3, 0.4) is 0 Å². The van der Waals surface area contributed by atoms with E-state index >= 15 is 0 Å². The number of benzene rings is 1. The van der Waals surface area contributed by atoms with E-state index in [1.807, 2.05) is 37.3 Å². The summed E-state index contributed by atoms with van der Waals surface area (Å²) in [5.41, 5.74) is 1.32. The standard InChI is InChI=1S/C19H27N3O2/c1-14(2)10-11-19(4,24)13-20-18(23)17-12-21-22(15(17)3)16-8-6-5-7-9-16/h5-9,12,14,24H,10-11,13H2,1-4H3,(H,20,23). The van der Waals surface area contributed by atoms with Crippen molar-refractivity contribution >= 4 is 5.91 Å². The Morgan fingerprint density at radius 3 is 2.62 bits per heavy atom. The van der Waals surface area contributed by atoms with Crippen LogP contribution in [0.5, 0.6) is 0 Å². The fraction of sp³-hybridized carbons (Fsp3) is 0.474. The van der Waals surface area contributed by atoms with Gasteiger partial charge in [-0.15, -0.1) is 0 Å². The van der Waals surface area contributed by atoms with Crippen molar-refractivity contribution in [1.82, 2.24) is 15.1 Å². The van der Waals surface area contributed by atoms with Gasteiger partial charge in [0.2, 0.25) is 0 Å². The van der Waals surface area contributed by atoms with Gasteiger partial charge in [0.05, 0.1) is 28.7 Å². The Labute approximate surface area is 143 Å². The maximum absolute atomic E-state index is 12.4. The molecule has 0 aliphatic rings. The van der Waals surface area contributed by atoms with Crippen molar-refractivity contribution < 1.29 is 9.90 Å². The summed E-state index contributed by atoms with van der Waals surface area (Å²) in [6.07, 6.45) is 3.15. The van der Waals surface area contributed by atoms with Gasteiger partial charge in [-0.25, -0.2) is 4.68 Å². The molecule has 130 valence electrons. The van der Waals surface area contributed by atoms with Gasteiger partial charge in [0.1, 0.15) is 0 Å². The van der Waals surface area contributed by atoms with E-state index in [1.165, 1.54) is 0 Å². The van der Waals surface area contributed by atoms with Crippen LogP contribution in [-0.2, 0) is 0 Å². The van der Waals surface area contributed by atoms with E-state index in [2.05, 4.69) is 24.3 Å². The minimum atomic E-state index is -0.900. The zero-order chi connectivity index (χ0) is 17.7. The van der Waals surface area contributed by atoms with Gasteiger partial charge in [0.15, 0.2) is 0 Å². The third-order valence-corrected chi connectivity index (χ3v) is 4.15. The fourth-order valence-electron chi connectivity index (χ4n) is 2.52. The van der Waals surface area contributed by atoms with Gasteiger partial charge in [0.25, 0.3) is 5.91 Å². The minimum absolute atomic E-state index is 0.209. The Morgan fingerprint density at radius 1 is 1.33 bits per heavy atom. The molecule has 0 saturated carbocycles. The largest absolute Gasteiger partial charge is 0.388 e. The highest BCUT2D eigenvalue weighted by atomic mass is 16.3. The molecule has 24 heavy (non-hydrogen) atoms. The SMILES string of the molecule is Cc1c(C(=O)NCC(C)(O)CCC(C)C)cnn1-c1ccccc1. The van der Waals surface area contributed by atoms with Crippen molar-refractivity contribution in [3.8, 4) is 5.69 Å². The number of nitrogens with one attached hydrogen (secondary N) is 1. The number of carbonyl (C=O) groups is 1. The molecule has 1 aromatic carbocycles. The van der Waals surface area contributed by atoms with Crippen LogP contribution in [0.2, 0.25) is 0 Å². The predicted molar refractivity (Wildman–Crippen MR) is 95.3 cm³/mol. The number of carbonyl (C=O) groups excluding carboxylic acids is 1. The number of nitrogens with zero attached hydrogens (tertiary/aromatic N) is 2. The first-order chi connectivity index (χ1) is 11.3. The van der Waals surface area contributed by atoms with Crippen LogP contribution in [0.15, 0.2) is 36.5 Å². The van der Waals surface area contributed by atoms with Crippen LogP contribution in [0.25, 0.3) is 5.69 Å². The first kappa shape index (κ1) is 18.2. The molecule has 2 aromatic rings. The topological polar surface area (TPSA) is 67.2 Å². The summed E-state index contributed by atoms with van der Waals surface area (Å²) in [6, 6.07) is 9.69. The van der Waals surface area contributed by atoms with E-state index < -0.39 is 5.60 Å². The van der Waals surface area contributed by atoms with E-state index in [1.54, 1.807) is 17.8 Å². The monoisotopic (exact) mass is 329 g/mol. The molecule has 0 spiro atoms. The van der Waals surface area contributed by atoms with E-state index in [0.29, 0.717) is 17.9 Å². The second-order valence-electron chi connectivity index (χ2n) is 7.00. The molecule has 1 unspecified atom stereocenters. The molecule has 1 atom stereocenters. The van der Waals surface area contributed by atoms with E-state index in [0.717, 1.165) is 17.8 Å². The summed E-state index contributed by atoms with van der Waals surface area (Å²) in [7, 11) is 0. The fourth-order valence-corrected chi connectivity index (χ4v) is 2.52. The first-order valence-electron chi connectivity index (χ1n) is 8.41. The quantitative estimate of drug-likeness (QED) is 0.820. The average molecular weight is 329 g/mol. The molecule has 1 heterocycles. The first-order valence-corrected chi connectivity index (χ1v) is 8.41. The number of aliphatic hydroxyl groups is 1. The lowest BCUT2D eigenvalue weighted by molar-refractivity contribution is 0.0429. The molecule has 0 aliphatic carbocycles. The molecule has 5 nitrogen and oxygen atoms in total. The summed E-state index contributed by atoms with van der Waals surface area (Å²) < 4.78 is 1.74. The van der Waals surface area contributed by atoms with Gasteiger partial charge in [-0.3, -0.25) is 4.79 Å². The minimum Gasteiger partial charge on any atom is -0.388 e. The zero-order valence-electron chi connectivity index (χ0n) is 14.9. The van der Waals surface area contributed by atoms with Crippen LogP contribution in [0.1, 0.15) is 49.7 Å². The van der Waals surface area contributed by atoms with Gasteiger partial charge in [-0.1, -0.05) is 32.0 Å². The molecule has 1 amide bonds. The van der Waals surface area contributed by atoms with Gasteiger partial charge >= 0.3 is 0 Å². The third kappa shape index (κ3) is 4.68. The van der Waals surface area contributed by atoms with Crippen molar-refractivity contribution in [2.75, 3.05) is 6.54 Å². The van der Waals surface area contributed by atoms with Crippen molar-refractivity contribution in [2.45, 2.75) is 46.1 Å². The van der Waals surface area contributed by atoms with E-state index in [9.17, 15) is 9.90 Å². The Balaban J connectivity index is 2.02. The van der Waals surface area contributed by atoms with Crippen molar-refractivity contribution in [3.63, 3.8) is 0 Å². The number of para-hydroxylation sites is 1. The highest BCUT2D eigenvalue weighted by Crippen LogP contribution is 2.17. The Kier molecular flexibility index (Phi) is 5.78. The summed E-state index contributed by atoms with van der Waals surface area (Å²) in [4.78, 5) is 12.4. The Hall–Kier alpha value is -2.14. The Bertz CT molecular complexity index is 675. The smallest absolute Gasteiger partial charge is 0.254 e. The maximum Gasteiger partial charge on any atom is 0.254 e. The molecular formula is C19H27N3O2. The van der Waals surface area contributed by atoms with Crippen LogP contribution in [0.4, 0.5) is 0 Å². The summed E-state index contributed by atoms with van der Waals surface area (Å²) in [6.45, 7) is 8.10. The molecule has 0 radical (unpaired) electrons. The molecular weight excluding hydrogens is 302 g/mol. The van der Waals surface area contributed by atoms with Crippen LogP contribution < -0.4 is 5.32 Å². The van der Waals surface area contributed by atoms with E-state index in [4.69, 9.17) is 0 Å². The number of hydrogen-bond donors (Lipinski definition) is 2. The second kappa shape index (κ2) is 7.62. The van der Waals surface area contributed by atoms with Crippen molar-refractivity contribution in [3.05, 3.63) is 47.8 Å². The zero-order valence-corrected chi connectivity index (χ0v) is 14.9. The summed E-state index contributed by atoms with van der Waals surface area (Å²) >= 11 is 0. The number of aromatic nitrogens is 2. The van der Waals surface area contributed by atoms with Gasteiger partial charge < -0.3 is 10.4 Å². The van der Waals surface area contributed by atoms with Gasteiger partial charge in [0, 0.05) is 6.54 Å². The molecule has 0 bridgehead atoms. The highest BCUT2D eigenvalue weighted by molar-refractivity contribution is 5.95. The van der Waals surface area contributed by atoms with Crippen LogP contribution in [-0.4, -0.2) is 32.9 Å². The lowest BCUT2D eigenvalue weighted by atomic mass is 9.95. The molecule has 0 aliphatic heterocycles. The van der Waals surface area contributed by atoms with Gasteiger partial charge in [-0.2, -0.15) is 5.10 Å². The van der Waals surface area contributed by atoms with E-state index in [-0.39, 0.29) is 12.5 Å². The molecule has 0 fully saturated rings. The molecule has 2 N–H and O–H groups in total. The molecule has 1 aromatic heterocycles. The predicted octanol–water partition coefficient (Wildman–Crippen LogP) is 3.10. The highest BCUT2D eigenvalue weighted by Gasteiger charge is 2.23. The van der Waals surface area contributed by atoms with Crippen molar-refractivity contribution in [2.24, 2.45) is 5.92 Å². The summed E-state index contributed by atoms with van der Waals surface area (Å²) in [5.74, 6) is 0.318. The molecule has 5 heteroatoms. The number of amides is 1. The second-order valence-corrected chi connectivity index (χ2v) is 7.00. The maximum atomic E-state index is 12.4. The molecule has 2 rings (SSSR count). The number of rotatable bonds is 7. The van der Waals surface area contributed by atoms with Crippen LogP contribution >= 0.6 is 0 Å². The van der Waals surface area contributed by atoms with Crippen molar-refractivity contribution in [1.29, 1.82) is 0 Å². The van der Waals surface area contributed by atoms with Gasteiger partial charge in [-0.05, 0) is 44.7 Å². The molecule has 0 saturated heterocycles. The lowest BCUT2D eigenvalue weighted by Crippen LogP contribution is -2.40. The third-order valence-electron chi connectivity index (χ3n) is 4.15. The average Bonchev–Trinajstić information content (AvgIpc) is 2.93.